The number of hydrogen-bond donors (Lipinski definition) is 1. The molecule has 0 bridgehead atoms. The van der Waals surface area contributed by atoms with Gasteiger partial charge in [-0.3, -0.25) is 0 Å². The fourth-order valence-corrected chi connectivity index (χ4v) is 3.74. The van der Waals surface area contributed by atoms with Crippen molar-refractivity contribution < 1.29 is 0 Å². The third-order valence-corrected chi connectivity index (χ3v) is 5.16. The first-order valence-electron chi connectivity index (χ1n) is 5.92. The lowest BCUT2D eigenvalue weighted by Crippen LogP contribution is -2.04. The number of aryl methyl sites for hydroxylation is 1. The minimum atomic E-state index is 0.763. The van der Waals surface area contributed by atoms with Crippen LogP contribution in [0.5, 0.6) is 0 Å². The quantitative estimate of drug-likeness (QED) is 0.777. The van der Waals surface area contributed by atoms with E-state index in [1.165, 1.54) is 0 Å². The first-order valence-corrected chi connectivity index (χ1v) is 8.00. The number of nitrogens with zero attached hydrogens (tertiary/aromatic N) is 2. The lowest BCUT2D eigenvalue weighted by Gasteiger charge is -1.99. The number of rotatable bonds is 4. The number of hydrogen-bond acceptors (Lipinski definition) is 5. The molecular weight excluding hydrogens is 298 g/mol. The molecule has 0 fully saturated rings. The Balaban J connectivity index is 1.67. The van der Waals surface area contributed by atoms with Gasteiger partial charge in [0.25, 0.3) is 0 Å². The third kappa shape index (κ3) is 2.88. The summed E-state index contributed by atoms with van der Waals surface area (Å²) in [5.74, 6) is 0. The van der Waals surface area contributed by atoms with E-state index in [1.807, 2.05) is 25.1 Å². The first-order chi connectivity index (χ1) is 9.22. The Hall–Kier alpha value is -1.17. The van der Waals surface area contributed by atoms with Gasteiger partial charge < -0.3 is 5.32 Å². The fourth-order valence-electron chi connectivity index (χ4n) is 1.78. The van der Waals surface area contributed by atoms with Crippen molar-refractivity contribution in [2.75, 3.05) is 11.9 Å². The van der Waals surface area contributed by atoms with Crippen LogP contribution in [0.1, 0.15) is 10.7 Å². The number of fused-ring (bicyclic) bond motifs is 1. The summed E-state index contributed by atoms with van der Waals surface area (Å²) in [7, 11) is 0. The molecule has 3 aromatic rings. The van der Waals surface area contributed by atoms with Gasteiger partial charge in [0.15, 0.2) is 5.13 Å². The monoisotopic (exact) mass is 309 g/mol. The summed E-state index contributed by atoms with van der Waals surface area (Å²) in [6.45, 7) is 2.85. The average molecular weight is 310 g/mol. The van der Waals surface area contributed by atoms with Gasteiger partial charge in [-0.2, -0.15) is 0 Å². The zero-order chi connectivity index (χ0) is 13.2. The Morgan fingerprint density at radius 1 is 1.32 bits per heavy atom. The summed E-state index contributed by atoms with van der Waals surface area (Å²) < 4.78 is 1.04. The van der Waals surface area contributed by atoms with E-state index in [1.54, 1.807) is 22.7 Å². The van der Waals surface area contributed by atoms with Gasteiger partial charge in [0.05, 0.1) is 20.2 Å². The maximum Gasteiger partial charge on any atom is 0.183 e. The molecule has 1 aromatic carbocycles. The molecule has 0 unspecified atom stereocenters. The van der Waals surface area contributed by atoms with Crippen molar-refractivity contribution in [2.24, 2.45) is 0 Å². The Kier molecular flexibility index (Phi) is 3.68. The molecule has 6 heteroatoms. The number of aromatic nitrogens is 2. The highest BCUT2D eigenvalue weighted by Crippen LogP contribution is 2.31. The van der Waals surface area contributed by atoms with E-state index < -0.39 is 0 Å². The predicted molar refractivity (Wildman–Crippen MR) is 83.7 cm³/mol. The summed E-state index contributed by atoms with van der Waals surface area (Å²) in [4.78, 5) is 8.96. The van der Waals surface area contributed by atoms with Crippen molar-refractivity contribution in [2.45, 2.75) is 13.3 Å². The molecule has 0 spiro atoms. The molecule has 1 N–H and O–H groups in total. The molecule has 0 aliphatic carbocycles. The minimum absolute atomic E-state index is 0.763. The second-order valence-electron chi connectivity index (χ2n) is 4.17. The van der Waals surface area contributed by atoms with E-state index in [0.29, 0.717) is 0 Å². The number of nitrogens with one attached hydrogen (secondary N) is 1. The van der Waals surface area contributed by atoms with Crippen LogP contribution in [0.4, 0.5) is 5.13 Å². The summed E-state index contributed by atoms with van der Waals surface area (Å²) in [6.07, 6.45) is 0.919. The van der Waals surface area contributed by atoms with Crippen molar-refractivity contribution >= 4 is 49.6 Å². The molecule has 19 heavy (non-hydrogen) atoms. The van der Waals surface area contributed by atoms with Crippen molar-refractivity contribution in [3.05, 3.63) is 39.3 Å². The fraction of sp³-hybridized carbons (Fsp3) is 0.231. The van der Waals surface area contributed by atoms with Crippen LogP contribution in [0.25, 0.3) is 10.2 Å². The zero-order valence-electron chi connectivity index (χ0n) is 10.3. The maximum absolute atomic E-state index is 6.14. The summed E-state index contributed by atoms with van der Waals surface area (Å²) in [5, 5.41) is 8.24. The Morgan fingerprint density at radius 3 is 2.95 bits per heavy atom. The molecule has 2 aromatic heterocycles. The highest BCUT2D eigenvalue weighted by Gasteiger charge is 2.06. The van der Waals surface area contributed by atoms with Crippen LogP contribution < -0.4 is 5.32 Å². The molecule has 3 rings (SSSR count). The standard InChI is InChI=1S/C13H12ClN3S2/c1-8-7-18-11(16-8)5-6-15-13-17-10-4-2-3-9(14)12(10)19-13/h2-4,7H,5-6H2,1H3,(H,15,17). The Labute approximate surface area is 124 Å². The lowest BCUT2D eigenvalue weighted by atomic mass is 10.3. The molecular formula is C13H12ClN3S2. The smallest absolute Gasteiger partial charge is 0.183 e. The molecule has 3 nitrogen and oxygen atoms in total. The number of benzene rings is 1. The largest absolute Gasteiger partial charge is 0.361 e. The van der Waals surface area contributed by atoms with Crippen LogP contribution in [0, 0.1) is 6.92 Å². The second-order valence-corrected chi connectivity index (χ2v) is 6.52. The van der Waals surface area contributed by atoms with E-state index >= 15 is 0 Å². The van der Waals surface area contributed by atoms with Crippen molar-refractivity contribution in [1.82, 2.24) is 9.97 Å². The van der Waals surface area contributed by atoms with Crippen LogP contribution in [0.3, 0.4) is 0 Å². The minimum Gasteiger partial charge on any atom is -0.361 e. The van der Waals surface area contributed by atoms with Gasteiger partial charge in [-0.25, -0.2) is 9.97 Å². The average Bonchev–Trinajstić information content (AvgIpc) is 2.97. The SMILES string of the molecule is Cc1csc(CCNc2nc3cccc(Cl)c3s2)n1. The van der Waals surface area contributed by atoms with Crippen LogP contribution in [-0.4, -0.2) is 16.5 Å². The highest BCUT2D eigenvalue weighted by atomic mass is 35.5. The van der Waals surface area contributed by atoms with E-state index in [0.717, 1.165) is 44.0 Å². The van der Waals surface area contributed by atoms with Crippen molar-refractivity contribution in [3.63, 3.8) is 0 Å². The first kappa shape index (κ1) is 12.8. The van der Waals surface area contributed by atoms with Gasteiger partial charge in [-0.1, -0.05) is 29.0 Å². The van der Waals surface area contributed by atoms with Gasteiger partial charge in [-0.15, -0.1) is 11.3 Å². The summed E-state index contributed by atoms with van der Waals surface area (Å²) in [5.41, 5.74) is 2.04. The van der Waals surface area contributed by atoms with Gasteiger partial charge in [-0.05, 0) is 19.1 Å². The number of thiazole rings is 2. The van der Waals surface area contributed by atoms with E-state index in [-0.39, 0.29) is 0 Å². The normalized spacial score (nSPS) is 11.1. The van der Waals surface area contributed by atoms with Crippen LogP contribution >= 0.6 is 34.3 Å². The van der Waals surface area contributed by atoms with E-state index in [9.17, 15) is 0 Å². The van der Waals surface area contributed by atoms with Crippen LogP contribution in [-0.2, 0) is 6.42 Å². The number of halogens is 1. The summed E-state index contributed by atoms with van der Waals surface area (Å²) in [6, 6.07) is 5.80. The van der Waals surface area contributed by atoms with Gasteiger partial charge >= 0.3 is 0 Å². The molecule has 0 aliphatic heterocycles. The lowest BCUT2D eigenvalue weighted by molar-refractivity contribution is 0.985. The molecule has 0 aliphatic rings. The van der Waals surface area contributed by atoms with E-state index in [4.69, 9.17) is 11.6 Å². The van der Waals surface area contributed by atoms with Crippen molar-refractivity contribution in [3.8, 4) is 0 Å². The highest BCUT2D eigenvalue weighted by molar-refractivity contribution is 7.22. The van der Waals surface area contributed by atoms with Gasteiger partial charge in [0.2, 0.25) is 0 Å². The molecule has 0 amide bonds. The molecule has 0 atom stereocenters. The molecule has 0 saturated carbocycles. The zero-order valence-corrected chi connectivity index (χ0v) is 12.7. The molecule has 0 saturated heterocycles. The predicted octanol–water partition coefficient (Wildman–Crippen LogP) is 4.37. The van der Waals surface area contributed by atoms with Crippen molar-refractivity contribution in [1.29, 1.82) is 0 Å². The molecule has 0 radical (unpaired) electrons. The van der Waals surface area contributed by atoms with Crippen LogP contribution in [0.15, 0.2) is 23.6 Å². The van der Waals surface area contributed by atoms with E-state index in [2.05, 4.69) is 20.7 Å². The second kappa shape index (κ2) is 5.45. The Morgan fingerprint density at radius 2 is 2.21 bits per heavy atom. The van der Waals surface area contributed by atoms with Gasteiger partial charge in [0.1, 0.15) is 0 Å². The number of anilines is 1. The maximum atomic E-state index is 6.14. The topological polar surface area (TPSA) is 37.8 Å². The molecule has 2 heterocycles. The van der Waals surface area contributed by atoms with Crippen LogP contribution in [0.2, 0.25) is 5.02 Å². The third-order valence-electron chi connectivity index (χ3n) is 2.65. The van der Waals surface area contributed by atoms with Gasteiger partial charge in [0, 0.05) is 24.0 Å². The molecule has 98 valence electrons. The summed E-state index contributed by atoms with van der Waals surface area (Å²) >= 11 is 9.43. The Bertz CT molecular complexity index is 705.